The number of hydrogen-bond acceptors (Lipinski definition) is 7. The van der Waals surface area contributed by atoms with Crippen molar-refractivity contribution in [1.82, 2.24) is 10.0 Å². The fraction of sp³-hybridized carbons (Fsp3) is 0.281. The Balaban J connectivity index is 1.49. The van der Waals surface area contributed by atoms with Gasteiger partial charge in [0.05, 0.1) is 25.3 Å². The Kier molecular flexibility index (Phi) is 11.4. The summed E-state index contributed by atoms with van der Waals surface area (Å²) in [5, 5.41) is 5.72. The van der Waals surface area contributed by atoms with Crippen LogP contribution >= 0.6 is 11.3 Å². The summed E-state index contributed by atoms with van der Waals surface area (Å²) in [6.45, 7) is 3.25. The number of alkyl halides is 6. The summed E-state index contributed by atoms with van der Waals surface area (Å²) in [5.74, 6) is 1.76. The van der Waals surface area contributed by atoms with Crippen LogP contribution in [0.15, 0.2) is 70.3 Å². The molecule has 0 unspecified atom stereocenters. The van der Waals surface area contributed by atoms with Crippen LogP contribution in [0.2, 0.25) is 0 Å². The van der Waals surface area contributed by atoms with Gasteiger partial charge in [-0.25, -0.2) is 17.9 Å². The Morgan fingerprint density at radius 2 is 1.43 bits per heavy atom. The molecule has 49 heavy (non-hydrogen) atoms. The molecule has 4 aromatic rings. The molecule has 3 N–H and O–H groups in total. The van der Waals surface area contributed by atoms with Gasteiger partial charge in [-0.05, 0) is 65.4 Å². The molecule has 0 fully saturated rings. The molecule has 3 aromatic carbocycles. The molecule has 0 aliphatic rings. The van der Waals surface area contributed by atoms with Gasteiger partial charge in [-0.1, -0.05) is 19.9 Å². The largest absolute Gasteiger partial charge is 0.493 e. The summed E-state index contributed by atoms with van der Waals surface area (Å²) in [7, 11) is -1.21. The van der Waals surface area contributed by atoms with Crippen LogP contribution in [0.25, 0.3) is 11.1 Å². The topological polar surface area (TPSA) is 115 Å². The third kappa shape index (κ3) is 9.36. The number of hydrogen-bond donors (Lipinski definition) is 3. The molecule has 17 heteroatoms. The van der Waals surface area contributed by atoms with Gasteiger partial charge in [-0.2, -0.15) is 26.3 Å². The van der Waals surface area contributed by atoms with Gasteiger partial charge in [-0.15, -0.1) is 11.3 Å². The quantitative estimate of drug-likeness (QED) is 0.0995. The first-order valence-electron chi connectivity index (χ1n) is 14.4. The molecule has 264 valence electrons. The first-order chi connectivity index (χ1) is 22.9. The number of carbonyl (C=O) groups excluding carboxylic acids is 1. The van der Waals surface area contributed by atoms with Crippen LogP contribution in [-0.2, 0) is 22.4 Å². The third-order valence-electron chi connectivity index (χ3n) is 6.97. The molecule has 0 spiro atoms. The second kappa shape index (κ2) is 15.0. The molecule has 0 saturated heterocycles. The molecule has 0 bridgehead atoms. The molecule has 9 nitrogen and oxygen atoms in total. The molecule has 0 aliphatic carbocycles. The van der Waals surface area contributed by atoms with Gasteiger partial charge in [-0.3, -0.25) is 0 Å². The Morgan fingerprint density at radius 1 is 0.796 bits per heavy atom. The van der Waals surface area contributed by atoms with E-state index in [1.54, 1.807) is 35.7 Å². The number of ether oxygens (including phenoxy) is 3. The lowest BCUT2D eigenvalue weighted by Crippen LogP contribution is -2.36. The maximum atomic E-state index is 13.4. The van der Waals surface area contributed by atoms with Gasteiger partial charge < -0.3 is 24.8 Å². The fourth-order valence-electron chi connectivity index (χ4n) is 4.55. The number of halogens is 6. The Morgan fingerprint density at radius 3 is 2.02 bits per heavy atom. The predicted molar refractivity (Wildman–Crippen MR) is 172 cm³/mol. The van der Waals surface area contributed by atoms with Gasteiger partial charge in [0.2, 0.25) is 0 Å². The Hall–Kier alpha value is -4.48. The highest BCUT2D eigenvalue weighted by atomic mass is 32.2. The van der Waals surface area contributed by atoms with Crippen molar-refractivity contribution in [2.75, 3.05) is 32.6 Å². The van der Waals surface area contributed by atoms with E-state index in [0.29, 0.717) is 46.3 Å². The molecular weight excluding hydrogens is 700 g/mol. The number of thiophene rings is 1. The number of sulfonamides is 1. The lowest BCUT2D eigenvalue weighted by molar-refractivity contribution is -0.143. The van der Waals surface area contributed by atoms with Crippen molar-refractivity contribution in [2.24, 2.45) is 0 Å². The first kappa shape index (κ1) is 37.3. The molecule has 0 saturated carbocycles. The number of anilines is 1. The van der Waals surface area contributed by atoms with Crippen molar-refractivity contribution in [2.45, 2.75) is 36.3 Å². The van der Waals surface area contributed by atoms with Crippen LogP contribution in [0.5, 0.6) is 23.0 Å². The van der Waals surface area contributed by atoms with Crippen LogP contribution in [0, 0.1) is 0 Å². The second-order valence-corrected chi connectivity index (χ2v) is 13.6. The van der Waals surface area contributed by atoms with Gasteiger partial charge >= 0.3 is 18.4 Å². The minimum atomic E-state index is -5.10. The van der Waals surface area contributed by atoms with Crippen molar-refractivity contribution in [3.8, 4) is 34.1 Å². The van der Waals surface area contributed by atoms with Crippen LogP contribution < -0.4 is 29.6 Å². The van der Waals surface area contributed by atoms with Crippen molar-refractivity contribution in [1.29, 1.82) is 0 Å². The van der Waals surface area contributed by atoms with Gasteiger partial charge in [0.1, 0.15) is 15.7 Å². The summed E-state index contributed by atoms with van der Waals surface area (Å²) in [6.07, 6.45) is -10.2. The number of benzene rings is 3. The number of methoxy groups -OCH3 is 2. The van der Waals surface area contributed by atoms with E-state index in [2.05, 4.69) is 10.0 Å². The van der Waals surface area contributed by atoms with E-state index in [9.17, 15) is 39.6 Å². The smallest absolute Gasteiger partial charge is 0.416 e. The van der Waals surface area contributed by atoms with Crippen LogP contribution in [0.4, 0.5) is 36.8 Å². The molecule has 0 radical (unpaired) electrons. The van der Waals surface area contributed by atoms with Gasteiger partial charge in [0.25, 0.3) is 10.0 Å². The molecule has 1 heterocycles. The highest BCUT2D eigenvalue weighted by Gasteiger charge is 2.37. The Bertz CT molecular complexity index is 1880. The normalized spacial score (nSPS) is 12.1. The average Bonchev–Trinajstić information content (AvgIpc) is 3.53. The van der Waals surface area contributed by atoms with E-state index in [4.69, 9.17) is 14.2 Å². The predicted octanol–water partition coefficient (Wildman–Crippen LogP) is 8.49. The van der Waals surface area contributed by atoms with Crippen molar-refractivity contribution >= 4 is 33.1 Å². The van der Waals surface area contributed by atoms with E-state index in [0.717, 1.165) is 16.9 Å². The van der Waals surface area contributed by atoms with Crippen LogP contribution in [-0.4, -0.2) is 41.8 Å². The minimum Gasteiger partial charge on any atom is -0.493 e. The number of amides is 2. The summed E-state index contributed by atoms with van der Waals surface area (Å²) in [4.78, 5) is 12.3. The highest BCUT2D eigenvalue weighted by Crippen LogP contribution is 2.42. The number of nitrogens with one attached hydrogen (secondary N) is 3. The van der Waals surface area contributed by atoms with E-state index >= 15 is 0 Å². The zero-order valence-corrected chi connectivity index (χ0v) is 28.0. The molecule has 0 atom stereocenters. The monoisotopic (exact) mass is 731 g/mol. The lowest BCUT2D eigenvalue weighted by atomic mass is 9.98. The maximum absolute atomic E-state index is 13.4. The number of carbonyl (C=O) groups is 1. The van der Waals surface area contributed by atoms with Gasteiger partial charge in [0, 0.05) is 36.0 Å². The summed E-state index contributed by atoms with van der Waals surface area (Å²) >= 11 is 0.938. The van der Waals surface area contributed by atoms with E-state index in [1.165, 1.54) is 14.2 Å². The highest BCUT2D eigenvalue weighted by molar-refractivity contribution is 7.91. The number of urea groups is 1. The minimum absolute atomic E-state index is 0.0568. The van der Waals surface area contributed by atoms with Crippen molar-refractivity contribution in [3.63, 3.8) is 0 Å². The SMILES string of the molecule is COc1ccc(Oc2ccc(C(C)C)cc2-c2ccsc2S(=O)(=O)NCCNC(=O)Nc2cc(C(F)(F)F)cc(C(F)(F)F)c2)cc1OC. The van der Waals surface area contributed by atoms with Crippen LogP contribution in [0.3, 0.4) is 0 Å². The molecule has 0 aliphatic heterocycles. The standard InChI is InChI=1S/C32H31F6N3O6S2/c1-18(2)19-5-7-26(47-23-6-8-27(45-3)28(17-23)46-4)25(13-19)24-9-12-48-29(24)49(43,44)40-11-10-39-30(42)41-22-15-20(31(33,34)35)14-21(16-22)32(36,37)38/h5-9,12-18,40H,10-11H2,1-4H3,(H2,39,41,42). The fourth-order valence-corrected chi connectivity index (χ4v) is 7.00. The van der Waals surface area contributed by atoms with E-state index in [-0.39, 0.29) is 29.3 Å². The number of rotatable bonds is 12. The average molecular weight is 732 g/mol. The zero-order valence-electron chi connectivity index (χ0n) is 26.4. The second-order valence-electron chi connectivity index (χ2n) is 10.7. The van der Waals surface area contributed by atoms with Crippen LogP contribution in [0.1, 0.15) is 36.5 Å². The van der Waals surface area contributed by atoms with Crippen molar-refractivity contribution in [3.05, 3.63) is 82.7 Å². The summed E-state index contributed by atoms with van der Waals surface area (Å²) in [5.41, 5.74) is -2.22. The molecule has 2 amide bonds. The molecule has 1 aromatic heterocycles. The van der Waals surface area contributed by atoms with Gasteiger partial charge in [0.15, 0.2) is 11.5 Å². The molecule has 4 rings (SSSR count). The first-order valence-corrected chi connectivity index (χ1v) is 16.7. The third-order valence-corrected chi connectivity index (χ3v) is 9.91. The maximum Gasteiger partial charge on any atom is 0.416 e. The molecular formula is C32H31F6N3O6S2. The van der Waals surface area contributed by atoms with Crippen molar-refractivity contribution < 1.29 is 53.8 Å². The summed E-state index contributed by atoms with van der Waals surface area (Å²) in [6, 6.07) is 11.5. The summed E-state index contributed by atoms with van der Waals surface area (Å²) < 4.78 is 125. The van der Waals surface area contributed by atoms with E-state index < -0.39 is 45.2 Å². The lowest BCUT2D eigenvalue weighted by Gasteiger charge is -2.17. The van der Waals surface area contributed by atoms with E-state index in [1.807, 2.05) is 31.3 Å². The Labute approximate surface area is 282 Å². The zero-order chi connectivity index (χ0) is 36.1.